The zero-order valence-electron chi connectivity index (χ0n) is 15.1. The summed E-state index contributed by atoms with van der Waals surface area (Å²) in [4.78, 5) is 39.8. The SMILES string of the molecule is CC(C)(C)OC(=O)c1nc(C[C@H](N)C(=O)O)cn1NC(=O)[C@@H]1CCCN1. The maximum atomic E-state index is 12.4. The number of ether oxygens (including phenoxy) is 1. The molecule has 1 aromatic rings. The summed E-state index contributed by atoms with van der Waals surface area (Å²) < 4.78 is 6.47. The lowest BCUT2D eigenvalue weighted by atomic mass is 10.2. The molecule has 1 aliphatic heterocycles. The summed E-state index contributed by atoms with van der Waals surface area (Å²) in [5.74, 6) is -2.36. The number of aliphatic carboxylic acids is 1. The van der Waals surface area contributed by atoms with Crippen LogP contribution >= 0.6 is 0 Å². The fourth-order valence-electron chi connectivity index (χ4n) is 2.50. The van der Waals surface area contributed by atoms with Crippen LogP contribution < -0.4 is 16.5 Å². The quantitative estimate of drug-likeness (QED) is 0.497. The Morgan fingerprint density at radius 1 is 1.50 bits per heavy atom. The second-order valence-electron chi connectivity index (χ2n) is 7.20. The predicted molar refractivity (Wildman–Crippen MR) is 92.1 cm³/mol. The molecular formula is C16H25N5O5. The Morgan fingerprint density at radius 2 is 2.19 bits per heavy atom. The average Bonchev–Trinajstić information content (AvgIpc) is 3.15. The van der Waals surface area contributed by atoms with E-state index in [1.54, 1.807) is 20.8 Å². The Balaban J connectivity index is 2.24. The fourth-order valence-corrected chi connectivity index (χ4v) is 2.50. The number of carbonyl (C=O) groups is 3. The Bertz CT molecular complexity index is 688. The topological polar surface area (TPSA) is 149 Å². The monoisotopic (exact) mass is 367 g/mol. The van der Waals surface area contributed by atoms with E-state index in [-0.39, 0.29) is 29.9 Å². The van der Waals surface area contributed by atoms with Crippen molar-refractivity contribution in [1.82, 2.24) is 15.0 Å². The number of hydrogen-bond acceptors (Lipinski definition) is 7. The Hall–Kier alpha value is -2.46. The van der Waals surface area contributed by atoms with Gasteiger partial charge < -0.3 is 20.9 Å². The van der Waals surface area contributed by atoms with Gasteiger partial charge in [0.25, 0.3) is 5.91 Å². The van der Waals surface area contributed by atoms with Crippen molar-refractivity contribution in [2.45, 2.75) is 57.7 Å². The standard InChI is InChI=1S/C16H25N5O5/c1-16(2,3)26-15(25)12-19-9(7-10(17)14(23)24)8-21(12)20-13(22)11-5-4-6-18-11/h8,10-11,18H,4-7,17H2,1-3H3,(H,20,22)(H,23,24)/t10-,11-/m0/s1. The molecule has 0 aromatic carbocycles. The van der Waals surface area contributed by atoms with Crippen LogP contribution in [0.2, 0.25) is 0 Å². The molecule has 0 unspecified atom stereocenters. The molecule has 5 N–H and O–H groups in total. The Kier molecular flexibility index (Phi) is 5.98. The normalized spacial score (nSPS) is 18.4. The fraction of sp³-hybridized carbons (Fsp3) is 0.625. The molecule has 0 radical (unpaired) electrons. The van der Waals surface area contributed by atoms with Gasteiger partial charge in [-0.3, -0.25) is 15.0 Å². The van der Waals surface area contributed by atoms with E-state index >= 15 is 0 Å². The minimum atomic E-state index is -1.18. The first-order chi connectivity index (χ1) is 12.1. The summed E-state index contributed by atoms with van der Waals surface area (Å²) in [7, 11) is 0. The molecule has 2 heterocycles. The summed E-state index contributed by atoms with van der Waals surface area (Å²) in [5.41, 5.74) is 7.65. The van der Waals surface area contributed by atoms with E-state index < -0.39 is 23.6 Å². The van der Waals surface area contributed by atoms with Gasteiger partial charge in [0.1, 0.15) is 11.6 Å². The molecule has 0 bridgehead atoms. The first-order valence-corrected chi connectivity index (χ1v) is 8.41. The first-order valence-electron chi connectivity index (χ1n) is 8.41. The summed E-state index contributed by atoms with van der Waals surface area (Å²) >= 11 is 0. The summed E-state index contributed by atoms with van der Waals surface area (Å²) in [6, 6.07) is -1.52. The molecule has 1 aromatic heterocycles. The third-order valence-corrected chi connectivity index (χ3v) is 3.69. The first kappa shape index (κ1) is 19.9. The van der Waals surface area contributed by atoms with Crippen LogP contribution in [0.4, 0.5) is 0 Å². The number of esters is 1. The van der Waals surface area contributed by atoms with Crippen LogP contribution in [-0.2, 0) is 20.7 Å². The van der Waals surface area contributed by atoms with Crippen LogP contribution in [-0.4, -0.2) is 56.8 Å². The zero-order chi connectivity index (χ0) is 19.5. The second kappa shape index (κ2) is 7.83. The highest BCUT2D eigenvalue weighted by Crippen LogP contribution is 2.13. The molecule has 144 valence electrons. The second-order valence-corrected chi connectivity index (χ2v) is 7.20. The number of nitrogens with one attached hydrogen (secondary N) is 2. The van der Waals surface area contributed by atoms with Crippen LogP contribution in [0.1, 0.15) is 49.9 Å². The van der Waals surface area contributed by atoms with Crippen LogP contribution in [0.5, 0.6) is 0 Å². The molecule has 2 atom stereocenters. The maximum absolute atomic E-state index is 12.4. The van der Waals surface area contributed by atoms with Crippen molar-refractivity contribution in [3.8, 4) is 0 Å². The summed E-state index contributed by atoms with van der Waals surface area (Å²) in [6.07, 6.45) is 2.88. The van der Waals surface area contributed by atoms with Gasteiger partial charge in [-0.15, -0.1) is 0 Å². The van der Waals surface area contributed by atoms with Gasteiger partial charge in [-0.1, -0.05) is 0 Å². The molecule has 2 rings (SSSR count). The van der Waals surface area contributed by atoms with Gasteiger partial charge in [-0.2, -0.15) is 0 Å². The van der Waals surface area contributed by atoms with E-state index in [9.17, 15) is 14.4 Å². The number of carbonyl (C=O) groups excluding carboxylic acids is 2. The number of nitrogens with two attached hydrogens (primary N) is 1. The molecule has 10 heteroatoms. The molecular weight excluding hydrogens is 342 g/mol. The summed E-state index contributed by atoms with van der Waals surface area (Å²) in [6.45, 7) is 5.88. The number of carboxylic acids is 1. The van der Waals surface area contributed by atoms with Crippen LogP contribution in [0.3, 0.4) is 0 Å². The molecule has 1 amide bonds. The average molecular weight is 367 g/mol. The van der Waals surface area contributed by atoms with Crippen LogP contribution in [0, 0.1) is 0 Å². The highest BCUT2D eigenvalue weighted by atomic mass is 16.6. The highest BCUT2D eigenvalue weighted by molar-refractivity contribution is 5.91. The molecule has 0 saturated carbocycles. The largest absolute Gasteiger partial charge is 0.480 e. The van der Waals surface area contributed by atoms with Crippen molar-refractivity contribution in [3.63, 3.8) is 0 Å². The Labute approximate surface area is 151 Å². The zero-order valence-corrected chi connectivity index (χ0v) is 15.1. The lowest BCUT2D eigenvalue weighted by molar-refractivity contribution is -0.138. The molecule has 26 heavy (non-hydrogen) atoms. The third kappa shape index (κ3) is 5.27. The lowest BCUT2D eigenvalue weighted by Crippen LogP contribution is -2.40. The molecule has 0 aliphatic carbocycles. The van der Waals surface area contributed by atoms with Crippen molar-refractivity contribution in [1.29, 1.82) is 0 Å². The third-order valence-electron chi connectivity index (χ3n) is 3.69. The van der Waals surface area contributed by atoms with Gasteiger partial charge in [0, 0.05) is 6.42 Å². The minimum absolute atomic E-state index is 0.0876. The van der Waals surface area contributed by atoms with Gasteiger partial charge in [-0.05, 0) is 40.2 Å². The molecule has 1 saturated heterocycles. The lowest BCUT2D eigenvalue weighted by Gasteiger charge is -2.20. The number of amides is 1. The maximum Gasteiger partial charge on any atom is 0.376 e. The van der Waals surface area contributed by atoms with Gasteiger partial charge in [0.05, 0.1) is 17.9 Å². The van der Waals surface area contributed by atoms with Gasteiger partial charge in [0.15, 0.2) is 0 Å². The van der Waals surface area contributed by atoms with Crippen LogP contribution in [0.15, 0.2) is 6.20 Å². The van der Waals surface area contributed by atoms with Crippen molar-refractivity contribution < 1.29 is 24.2 Å². The van der Waals surface area contributed by atoms with E-state index in [0.29, 0.717) is 6.42 Å². The molecule has 0 spiro atoms. The van der Waals surface area contributed by atoms with E-state index in [0.717, 1.165) is 13.0 Å². The number of rotatable bonds is 6. The number of nitrogens with zero attached hydrogens (tertiary/aromatic N) is 2. The molecule has 10 nitrogen and oxygen atoms in total. The smallest absolute Gasteiger partial charge is 0.376 e. The number of carboxylic acid groups (broad SMARTS) is 1. The number of imidazole rings is 1. The number of hydrogen-bond donors (Lipinski definition) is 4. The van der Waals surface area contributed by atoms with Gasteiger partial charge >= 0.3 is 11.9 Å². The van der Waals surface area contributed by atoms with E-state index in [1.807, 2.05) is 0 Å². The van der Waals surface area contributed by atoms with Crippen molar-refractivity contribution in [2.24, 2.45) is 5.73 Å². The van der Waals surface area contributed by atoms with Crippen LogP contribution in [0.25, 0.3) is 0 Å². The van der Waals surface area contributed by atoms with E-state index in [4.69, 9.17) is 15.6 Å². The van der Waals surface area contributed by atoms with Gasteiger partial charge in [0.2, 0.25) is 5.82 Å². The van der Waals surface area contributed by atoms with Crippen molar-refractivity contribution >= 4 is 17.8 Å². The van der Waals surface area contributed by atoms with Gasteiger partial charge in [-0.25, -0.2) is 14.5 Å². The van der Waals surface area contributed by atoms with E-state index in [1.165, 1.54) is 10.9 Å². The van der Waals surface area contributed by atoms with Crippen molar-refractivity contribution in [2.75, 3.05) is 12.0 Å². The molecule has 1 aliphatic rings. The predicted octanol–water partition coefficient (Wildman–Crippen LogP) is -0.385. The molecule has 1 fully saturated rings. The van der Waals surface area contributed by atoms with Crippen molar-refractivity contribution in [3.05, 3.63) is 17.7 Å². The highest BCUT2D eigenvalue weighted by Gasteiger charge is 2.27. The van der Waals surface area contributed by atoms with E-state index in [2.05, 4.69) is 15.7 Å². The summed E-state index contributed by atoms with van der Waals surface area (Å²) in [5, 5.41) is 12.0. The number of aromatic nitrogens is 2. The Morgan fingerprint density at radius 3 is 2.73 bits per heavy atom. The minimum Gasteiger partial charge on any atom is -0.480 e.